The van der Waals surface area contributed by atoms with Gasteiger partial charge in [0, 0.05) is 25.1 Å². The van der Waals surface area contributed by atoms with E-state index >= 15 is 0 Å². The predicted octanol–water partition coefficient (Wildman–Crippen LogP) is 3.03. The summed E-state index contributed by atoms with van der Waals surface area (Å²) >= 11 is 0. The molecule has 0 aromatic heterocycles. The van der Waals surface area contributed by atoms with Gasteiger partial charge in [-0.15, -0.1) is 0 Å². The minimum atomic E-state index is -1.58. The van der Waals surface area contributed by atoms with Crippen LogP contribution in [0.3, 0.4) is 0 Å². The summed E-state index contributed by atoms with van der Waals surface area (Å²) in [4.78, 5) is 22.0. The molecule has 7 nitrogen and oxygen atoms in total. The van der Waals surface area contributed by atoms with E-state index in [9.17, 15) is 9.59 Å². The van der Waals surface area contributed by atoms with Crippen molar-refractivity contribution >= 4 is 11.9 Å². The van der Waals surface area contributed by atoms with Crippen LogP contribution in [0, 0.1) is 0 Å². The quantitative estimate of drug-likeness (QED) is 0.287. The number of carboxylic acids is 1. The summed E-state index contributed by atoms with van der Waals surface area (Å²) < 4.78 is 15.8. The first-order valence-corrected chi connectivity index (χ1v) is 10.5. The largest absolute Gasteiger partial charge is 0.491 e. The molecule has 31 heavy (non-hydrogen) atoms. The first kappa shape index (κ1) is 24.4. The molecule has 1 unspecified atom stereocenters. The second-order valence-corrected chi connectivity index (χ2v) is 7.21. The van der Waals surface area contributed by atoms with Crippen LogP contribution in [0.15, 0.2) is 54.6 Å². The molecule has 168 valence electrons. The average molecular weight is 430 g/mol. The van der Waals surface area contributed by atoms with Gasteiger partial charge in [-0.2, -0.15) is 0 Å². The van der Waals surface area contributed by atoms with Crippen molar-refractivity contribution in [3.05, 3.63) is 65.7 Å². The van der Waals surface area contributed by atoms with Crippen LogP contribution in [-0.4, -0.2) is 56.1 Å². The monoisotopic (exact) mass is 429 g/mol. The van der Waals surface area contributed by atoms with Crippen LogP contribution >= 0.6 is 0 Å². The van der Waals surface area contributed by atoms with E-state index in [1.54, 1.807) is 0 Å². The molecule has 0 radical (unpaired) electrons. The van der Waals surface area contributed by atoms with Crippen LogP contribution in [0.4, 0.5) is 0 Å². The van der Waals surface area contributed by atoms with Crippen LogP contribution in [0.5, 0.6) is 5.75 Å². The Labute approximate surface area is 183 Å². The van der Waals surface area contributed by atoms with Crippen molar-refractivity contribution < 1.29 is 28.9 Å². The van der Waals surface area contributed by atoms with Gasteiger partial charge < -0.3 is 24.6 Å². The van der Waals surface area contributed by atoms with Crippen LogP contribution in [0.2, 0.25) is 0 Å². The molecule has 0 aliphatic heterocycles. The van der Waals surface area contributed by atoms with Gasteiger partial charge in [0.2, 0.25) is 0 Å². The minimum absolute atomic E-state index is 0.00263. The first-order chi connectivity index (χ1) is 15.0. The average Bonchev–Trinajstić information content (AvgIpc) is 2.78. The molecule has 2 atom stereocenters. The van der Waals surface area contributed by atoms with Crippen molar-refractivity contribution in [3.63, 3.8) is 0 Å². The lowest BCUT2D eigenvalue weighted by molar-refractivity contribution is -0.164. The Kier molecular flexibility index (Phi) is 10.5. The summed E-state index contributed by atoms with van der Waals surface area (Å²) in [6.45, 7) is 6.37. The van der Waals surface area contributed by atoms with Crippen molar-refractivity contribution in [1.29, 1.82) is 0 Å². The number of aliphatic carboxylic acids is 1. The third kappa shape index (κ3) is 9.19. The van der Waals surface area contributed by atoms with E-state index in [1.165, 1.54) is 5.56 Å². The number of nitrogens with one attached hydrogen (secondary N) is 1. The van der Waals surface area contributed by atoms with E-state index < -0.39 is 11.9 Å². The van der Waals surface area contributed by atoms with Crippen molar-refractivity contribution in [3.8, 4) is 5.75 Å². The standard InChI is InChI=1S/C24H31NO6/c1-3-29-13-14-30-22-11-9-19(10-12-22)15-18(2)25-16-21(17-31-24(28)23(26)27)20-7-5-4-6-8-20/h4-12,18,21,25H,3,13-17H2,1-2H3,(H,26,27)/t18-,21?/m1/s1. The van der Waals surface area contributed by atoms with Gasteiger partial charge in [0.1, 0.15) is 12.4 Å². The Morgan fingerprint density at radius 1 is 1.03 bits per heavy atom. The number of hydrogen-bond donors (Lipinski definition) is 2. The summed E-state index contributed by atoms with van der Waals surface area (Å²) in [7, 11) is 0. The molecule has 2 aromatic carbocycles. The highest BCUT2D eigenvalue weighted by Crippen LogP contribution is 2.17. The number of carbonyl (C=O) groups excluding carboxylic acids is 1. The van der Waals surface area contributed by atoms with Crippen LogP contribution in [0.1, 0.15) is 30.9 Å². The van der Waals surface area contributed by atoms with E-state index in [4.69, 9.17) is 19.3 Å². The van der Waals surface area contributed by atoms with Crippen molar-refractivity contribution in [2.75, 3.05) is 33.0 Å². The van der Waals surface area contributed by atoms with Gasteiger partial charge >= 0.3 is 11.9 Å². The van der Waals surface area contributed by atoms with Gasteiger partial charge in [-0.1, -0.05) is 42.5 Å². The van der Waals surface area contributed by atoms with E-state index in [1.807, 2.05) is 61.5 Å². The fourth-order valence-corrected chi connectivity index (χ4v) is 3.09. The maximum absolute atomic E-state index is 11.3. The zero-order valence-electron chi connectivity index (χ0n) is 18.1. The highest BCUT2D eigenvalue weighted by molar-refractivity contribution is 6.28. The maximum atomic E-state index is 11.3. The molecule has 0 bridgehead atoms. The Morgan fingerprint density at radius 3 is 2.39 bits per heavy atom. The van der Waals surface area contributed by atoms with Crippen LogP contribution in [-0.2, 0) is 25.5 Å². The van der Waals surface area contributed by atoms with Gasteiger partial charge in [-0.05, 0) is 43.5 Å². The SMILES string of the molecule is CCOCCOc1ccc(C[C@@H](C)NCC(COC(=O)C(=O)O)c2ccccc2)cc1. The third-order valence-electron chi connectivity index (χ3n) is 4.74. The molecule has 7 heteroatoms. The number of ether oxygens (including phenoxy) is 3. The number of carboxylic acid groups (broad SMARTS) is 1. The number of carbonyl (C=O) groups is 2. The number of esters is 1. The van der Waals surface area contributed by atoms with Gasteiger partial charge in [0.05, 0.1) is 13.2 Å². The molecule has 2 N–H and O–H groups in total. The first-order valence-electron chi connectivity index (χ1n) is 10.5. The van der Waals surface area contributed by atoms with E-state index in [2.05, 4.69) is 12.2 Å². The molecule has 0 saturated carbocycles. The fourth-order valence-electron chi connectivity index (χ4n) is 3.09. The Bertz CT molecular complexity index is 793. The summed E-state index contributed by atoms with van der Waals surface area (Å²) in [6, 6.07) is 17.8. The van der Waals surface area contributed by atoms with E-state index in [0.717, 1.165) is 17.7 Å². The third-order valence-corrected chi connectivity index (χ3v) is 4.74. The molecule has 0 aliphatic carbocycles. The molecule has 2 rings (SSSR count). The smallest absolute Gasteiger partial charge is 0.417 e. The lowest BCUT2D eigenvalue weighted by atomic mass is 9.99. The molecule has 0 heterocycles. The van der Waals surface area contributed by atoms with Gasteiger partial charge in [0.25, 0.3) is 0 Å². The molecule has 0 fully saturated rings. The van der Waals surface area contributed by atoms with E-state index in [-0.39, 0.29) is 18.6 Å². The van der Waals surface area contributed by atoms with Gasteiger partial charge in [-0.3, -0.25) is 0 Å². The highest BCUT2D eigenvalue weighted by Gasteiger charge is 2.19. The highest BCUT2D eigenvalue weighted by atomic mass is 16.6. The zero-order valence-corrected chi connectivity index (χ0v) is 18.1. The molecular weight excluding hydrogens is 398 g/mol. The minimum Gasteiger partial charge on any atom is -0.491 e. The van der Waals surface area contributed by atoms with Gasteiger partial charge in [0.15, 0.2) is 0 Å². The van der Waals surface area contributed by atoms with Crippen molar-refractivity contribution in [1.82, 2.24) is 5.32 Å². The lowest BCUT2D eigenvalue weighted by Crippen LogP contribution is -2.34. The Balaban J connectivity index is 1.85. The second-order valence-electron chi connectivity index (χ2n) is 7.21. The fraction of sp³-hybridized carbons (Fsp3) is 0.417. The summed E-state index contributed by atoms with van der Waals surface area (Å²) in [6.07, 6.45) is 0.815. The van der Waals surface area contributed by atoms with E-state index in [0.29, 0.717) is 26.4 Å². The molecule has 0 spiro atoms. The molecular formula is C24H31NO6. The zero-order chi connectivity index (χ0) is 22.5. The normalized spacial score (nSPS) is 12.7. The number of benzene rings is 2. The lowest BCUT2D eigenvalue weighted by Gasteiger charge is -2.21. The molecule has 0 saturated heterocycles. The van der Waals surface area contributed by atoms with Crippen molar-refractivity contribution in [2.45, 2.75) is 32.2 Å². The van der Waals surface area contributed by atoms with Crippen LogP contribution in [0.25, 0.3) is 0 Å². The van der Waals surface area contributed by atoms with Crippen LogP contribution < -0.4 is 10.1 Å². The summed E-state index contributed by atoms with van der Waals surface area (Å²) in [5.74, 6) is -2.16. The topological polar surface area (TPSA) is 94.1 Å². The number of rotatable bonds is 13. The second kappa shape index (κ2) is 13.4. The number of hydrogen-bond acceptors (Lipinski definition) is 6. The molecule has 0 aliphatic rings. The summed E-state index contributed by atoms with van der Waals surface area (Å²) in [5, 5.41) is 12.2. The van der Waals surface area contributed by atoms with Crippen molar-refractivity contribution in [2.24, 2.45) is 0 Å². The molecule has 0 amide bonds. The predicted molar refractivity (Wildman–Crippen MR) is 117 cm³/mol. The Hall–Kier alpha value is -2.90. The molecule has 2 aromatic rings. The Morgan fingerprint density at radius 2 is 1.74 bits per heavy atom. The summed E-state index contributed by atoms with van der Waals surface area (Å²) in [5.41, 5.74) is 2.15. The maximum Gasteiger partial charge on any atom is 0.417 e. The van der Waals surface area contributed by atoms with Gasteiger partial charge in [-0.25, -0.2) is 9.59 Å².